The van der Waals surface area contributed by atoms with E-state index in [-0.39, 0.29) is 11.7 Å². The first kappa shape index (κ1) is 10.6. The molecule has 16 heavy (non-hydrogen) atoms. The molecule has 1 aliphatic carbocycles. The molecule has 1 aromatic rings. The SMILES string of the molecule is C#Cc1cccc(N=C2CCC(=O)C2C)c1. The number of aliphatic imine (C=N–C) groups is 1. The average Bonchev–Trinajstić information content (AvgIpc) is 2.61. The van der Waals surface area contributed by atoms with Crippen LogP contribution in [0.5, 0.6) is 0 Å². The summed E-state index contributed by atoms with van der Waals surface area (Å²) in [5.74, 6) is 2.83. The van der Waals surface area contributed by atoms with Crippen LogP contribution in [0, 0.1) is 18.3 Å². The molecule has 0 radical (unpaired) electrons. The van der Waals surface area contributed by atoms with Crippen LogP contribution in [-0.4, -0.2) is 11.5 Å². The molecule has 0 saturated heterocycles. The highest BCUT2D eigenvalue weighted by atomic mass is 16.1. The lowest BCUT2D eigenvalue weighted by molar-refractivity contribution is -0.119. The lowest BCUT2D eigenvalue weighted by Gasteiger charge is -2.02. The summed E-state index contributed by atoms with van der Waals surface area (Å²) in [7, 11) is 0. The number of terminal acetylenes is 1. The minimum Gasteiger partial charge on any atom is -0.299 e. The van der Waals surface area contributed by atoms with Crippen LogP contribution in [0.2, 0.25) is 0 Å². The maximum atomic E-state index is 11.4. The van der Waals surface area contributed by atoms with E-state index < -0.39 is 0 Å². The molecular formula is C14H13NO. The van der Waals surface area contributed by atoms with E-state index in [2.05, 4.69) is 10.9 Å². The number of ketones is 1. The van der Waals surface area contributed by atoms with Crippen LogP contribution >= 0.6 is 0 Å². The van der Waals surface area contributed by atoms with E-state index >= 15 is 0 Å². The molecule has 0 bridgehead atoms. The van der Waals surface area contributed by atoms with Crippen molar-refractivity contribution in [2.24, 2.45) is 10.9 Å². The van der Waals surface area contributed by atoms with Crippen molar-refractivity contribution in [1.29, 1.82) is 0 Å². The second-order valence-electron chi connectivity index (χ2n) is 3.99. The van der Waals surface area contributed by atoms with Crippen molar-refractivity contribution in [2.75, 3.05) is 0 Å². The van der Waals surface area contributed by atoms with E-state index in [1.165, 1.54) is 0 Å². The molecule has 1 atom stereocenters. The summed E-state index contributed by atoms with van der Waals surface area (Å²) in [6, 6.07) is 7.52. The Bertz CT molecular complexity index is 494. The Morgan fingerprint density at radius 1 is 1.44 bits per heavy atom. The standard InChI is InChI=1S/C14H13NO/c1-3-11-5-4-6-12(9-11)15-13-7-8-14(16)10(13)2/h1,4-6,9-10H,7-8H2,2H3. The van der Waals surface area contributed by atoms with Crippen LogP contribution in [0.15, 0.2) is 29.3 Å². The van der Waals surface area contributed by atoms with E-state index in [0.717, 1.165) is 23.4 Å². The number of benzene rings is 1. The highest BCUT2D eigenvalue weighted by Crippen LogP contribution is 2.23. The van der Waals surface area contributed by atoms with Gasteiger partial charge in [-0.15, -0.1) is 6.42 Å². The fourth-order valence-corrected chi connectivity index (χ4v) is 1.85. The van der Waals surface area contributed by atoms with Gasteiger partial charge in [-0.2, -0.15) is 0 Å². The molecule has 1 unspecified atom stereocenters. The Morgan fingerprint density at radius 3 is 2.88 bits per heavy atom. The molecule has 2 nitrogen and oxygen atoms in total. The number of nitrogens with zero attached hydrogens (tertiary/aromatic N) is 1. The lowest BCUT2D eigenvalue weighted by atomic mass is 10.1. The zero-order chi connectivity index (χ0) is 11.5. The van der Waals surface area contributed by atoms with Crippen LogP contribution in [0.3, 0.4) is 0 Å². The molecule has 2 rings (SSSR count). The first-order valence-electron chi connectivity index (χ1n) is 5.37. The third-order valence-electron chi connectivity index (χ3n) is 2.90. The summed E-state index contributed by atoms with van der Waals surface area (Å²) >= 11 is 0. The van der Waals surface area contributed by atoms with E-state index in [1.54, 1.807) is 0 Å². The van der Waals surface area contributed by atoms with Crippen LogP contribution in [0.1, 0.15) is 25.3 Å². The second kappa shape index (κ2) is 4.32. The predicted molar refractivity (Wildman–Crippen MR) is 64.9 cm³/mol. The second-order valence-corrected chi connectivity index (χ2v) is 3.99. The van der Waals surface area contributed by atoms with Crippen molar-refractivity contribution in [3.63, 3.8) is 0 Å². The largest absolute Gasteiger partial charge is 0.299 e. The highest BCUT2D eigenvalue weighted by molar-refractivity contribution is 6.11. The lowest BCUT2D eigenvalue weighted by Crippen LogP contribution is -2.08. The Labute approximate surface area is 95.4 Å². The van der Waals surface area contributed by atoms with Crippen molar-refractivity contribution in [3.8, 4) is 12.3 Å². The number of rotatable bonds is 1. The third-order valence-corrected chi connectivity index (χ3v) is 2.90. The van der Waals surface area contributed by atoms with Crippen LogP contribution in [-0.2, 0) is 4.79 Å². The van der Waals surface area contributed by atoms with E-state index in [0.29, 0.717) is 6.42 Å². The number of hydrogen-bond acceptors (Lipinski definition) is 2. The van der Waals surface area contributed by atoms with Gasteiger partial charge < -0.3 is 0 Å². The summed E-state index contributed by atoms with van der Waals surface area (Å²) < 4.78 is 0. The van der Waals surface area contributed by atoms with Gasteiger partial charge in [-0.3, -0.25) is 9.79 Å². The quantitative estimate of drug-likeness (QED) is 0.657. The summed E-state index contributed by atoms with van der Waals surface area (Å²) in [4.78, 5) is 15.9. The maximum absolute atomic E-state index is 11.4. The molecule has 0 aromatic heterocycles. The van der Waals surface area contributed by atoms with Gasteiger partial charge in [0.25, 0.3) is 0 Å². The summed E-state index contributed by atoms with van der Waals surface area (Å²) in [5.41, 5.74) is 2.63. The average molecular weight is 211 g/mol. The molecular weight excluding hydrogens is 198 g/mol. The topological polar surface area (TPSA) is 29.4 Å². The van der Waals surface area contributed by atoms with Crippen LogP contribution in [0.25, 0.3) is 0 Å². The molecule has 1 saturated carbocycles. The Balaban J connectivity index is 2.30. The van der Waals surface area contributed by atoms with Gasteiger partial charge in [0.15, 0.2) is 0 Å². The highest BCUT2D eigenvalue weighted by Gasteiger charge is 2.26. The van der Waals surface area contributed by atoms with Crippen LogP contribution in [0.4, 0.5) is 5.69 Å². The van der Waals surface area contributed by atoms with Crippen molar-refractivity contribution >= 4 is 17.2 Å². The Hall–Kier alpha value is -1.88. The first-order valence-corrected chi connectivity index (χ1v) is 5.37. The van der Waals surface area contributed by atoms with E-state index in [1.807, 2.05) is 31.2 Å². The molecule has 1 aliphatic rings. The molecule has 0 spiro atoms. The van der Waals surface area contributed by atoms with Gasteiger partial charge in [0.2, 0.25) is 0 Å². The van der Waals surface area contributed by atoms with Crippen LogP contribution < -0.4 is 0 Å². The van der Waals surface area contributed by atoms with Crippen molar-refractivity contribution in [3.05, 3.63) is 29.8 Å². The molecule has 2 heteroatoms. The fraction of sp³-hybridized carbons (Fsp3) is 0.286. The fourth-order valence-electron chi connectivity index (χ4n) is 1.85. The molecule has 1 fully saturated rings. The van der Waals surface area contributed by atoms with E-state index in [9.17, 15) is 4.79 Å². The van der Waals surface area contributed by atoms with Gasteiger partial charge in [-0.25, -0.2) is 0 Å². The monoisotopic (exact) mass is 211 g/mol. The molecule has 0 amide bonds. The van der Waals surface area contributed by atoms with Gasteiger partial charge in [-0.05, 0) is 24.6 Å². The van der Waals surface area contributed by atoms with Gasteiger partial charge in [0, 0.05) is 17.7 Å². The first-order chi connectivity index (χ1) is 7.70. The number of hydrogen-bond donors (Lipinski definition) is 0. The summed E-state index contributed by atoms with van der Waals surface area (Å²) in [5, 5.41) is 0. The van der Waals surface area contributed by atoms with Crippen molar-refractivity contribution in [2.45, 2.75) is 19.8 Å². The minimum atomic E-state index is -0.0329. The Kier molecular flexibility index (Phi) is 2.87. The van der Waals surface area contributed by atoms with Crippen molar-refractivity contribution in [1.82, 2.24) is 0 Å². The number of carbonyl (C=O) groups is 1. The van der Waals surface area contributed by atoms with Gasteiger partial charge in [0.05, 0.1) is 11.6 Å². The molecule has 1 aromatic carbocycles. The minimum absolute atomic E-state index is 0.0329. The normalized spacial score (nSPS) is 22.4. The number of carbonyl (C=O) groups excluding carboxylic acids is 1. The molecule has 80 valence electrons. The zero-order valence-electron chi connectivity index (χ0n) is 9.23. The molecule has 0 heterocycles. The molecule has 0 aliphatic heterocycles. The summed E-state index contributed by atoms with van der Waals surface area (Å²) in [6.07, 6.45) is 6.72. The Morgan fingerprint density at radius 2 is 2.25 bits per heavy atom. The third kappa shape index (κ3) is 2.04. The van der Waals surface area contributed by atoms with Gasteiger partial charge in [0.1, 0.15) is 5.78 Å². The molecule has 0 N–H and O–H groups in total. The number of Topliss-reactive ketones (excluding diaryl/α,β-unsaturated/α-hetero) is 1. The predicted octanol–water partition coefficient (Wildman–Crippen LogP) is 2.74. The van der Waals surface area contributed by atoms with E-state index in [4.69, 9.17) is 6.42 Å². The zero-order valence-corrected chi connectivity index (χ0v) is 9.23. The smallest absolute Gasteiger partial charge is 0.141 e. The van der Waals surface area contributed by atoms with Gasteiger partial charge >= 0.3 is 0 Å². The van der Waals surface area contributed by atoms with Crippen molar-refractivity contribution < 1.29 is 4.79 Å². The maximum Gasteiger partial charge on any atom is 0.141 e. The summed E-state index contributed by atoms with van der Waals surface area (Å²) in [6.45, 7) is 1.92. The van der Waals surface area contributed by atoms with Gasteiger partial charge in [-0.1, -0.05) is 18.9 Å².